The molecule has 0 aliphatic carbocycles. The SMILES string of the molecule is COCCn1c(=NC(=O)c2cc(=O)c3ccccc3o2)sc2cc(OC)c(OC)cc21. The molecule has 0 radical (unpaired) electrons. The maximum absolute atomic E-state index is 12.9. The van der Waals surface area contributed by atoms with E-state index in [9.17, 15) is 9.59 Å². The van der Waals surface area contributed by atoms with Gasteiger partial charge in [0.05, 0.1) is 36.4 Å². The summed E-state index contributed by atoms with van der Waals surface area (Å²) in [7, 11) is 4.73. The monoisotopic (exact) mass is 440 g/mol. The highest BCUT2D eigenvalue weighted by atomic mass is 32.1. The minimum atomic E-state index is -0.639. The Bertz CT molecular complexity index is 1400. The molecule has 4 aromatic rings. The Balaban J connectivity index is 1.87. The third-order valence-corrected chi connectivity index (χ3v) is 5.79. The molecule has 31 heavy (non-hydrogen) atoms. The molecule has 2 aromatic carbocycles. The van der Waals surface area contributed by atoms with Crippen molar-refractivity contribution in [2.75, 3.05) is 27.9 Å². The molecule has 0 unspecified atom stereocenters. The topological polar surface area (TPSA) is 92.3 Å². The van der Waals surface area contributed by atoms with Crippen molar-refractivity contribution in [3.8, 4) is 11.5 Å². The van der Waals surface area contributed by atoms with Gasteiger partial charge >= 0.3 is 5.91 Å². The van der Waals surface area contributed by atoms with Crippen molar-refractivity contribution < 1.29 is 23.4 Å². The fraction of sp³-hybridized carbons (Fsp3) is 0.227. The van der Waals surface area contributed by atoms with Crippen LogP contribution in [0.1, 0.15) is 10.6 Å². The summed E-state index contributed by atoms with van der Waals surface area (Å²) in [4.78, 5) is 29.9. The van der Waals surface area contributed by atoms with Gasteiger partial charge in [0.2, 0.25) is 0 Å². The van der Waals surface area contributed by atoms with Gasteiger partial charge in [-0.15, -0.1) is 0 Å². The van der Waals surface area contributed by atoms with Crippen LogP contribution in [-0.2, 0) is 11.3 Å². The van der Waals surface area contributed by atoms with E-state index in [1.54, 1.807) is 45.6 Å². The zero-order chi connectivity index (χ0) is 22.0. The van der Waals surface area contributed by atoms with Gasteiger partial charge in [0.25, 0.3) is 0 Å². The van der Waals surface area contributed by atoms with Crippen LogP contribution in [0, 0.1) is 0 Å². The van der Waals surface area contributed by atoms with Crippen molar-refractivity contribution in [3.63, 3.8) is 0 Å². The lowest BCUT2D eigenvalue weighted by atomic mass is 10.2. The van der Waals surface area contributed by atoms with Gasteiger partial charge in [0, 0.05) is 31.9 Å². The molecule has 0 atom stereocenters. The summed E-state index contributed by atoms with van der Waals surface area (Å²) in [6.45, 7) is 0.895. The van der Waals surface area contributed by atoms with Crippen LogP contribution >= 0.6 is 11.3 Å². The van der Waals surface area contributed by atoms with E-state index in [1.807, 2.05) is 16.7 Å². The van der Waals surface area contributed by atoms with Crippen molar-refractivity contribution in [2.24, 2.45) is 4.99 Å². The first-order chi connectivity index (χ1) is 15.0. The number of fused-ring (bicyclic) bond motifs is 2. The summed E-state index contributed by atoms with van der Waals surface area (Å²) in [5.74, 6) is 0.389. The first-order valence-corrected chi connectivity index (χ1v) is 10.2. The molecule has 8 nitrogen and oxygen atoms in total. The summed E-state index contributed by atoms with van der Waals surface area (Å²) in [6, 6.07) is 11.6. The van der Waals surface area contributed by atoms with Gasteiger partial charge in [-0.2, -0.15) is 4.99 Å². The number of rotatable bonds is 6. The van der Waals surface area contributed by atoms with Crippen LogP contribution in [0.3, 0.4) is 0 Å². The van der Waals surface area contributed by atoms with Gasteiger partial charge in [-0.05, 0) is 12.1 Å². The first-order valence-electron chi connectivity index (χ1n) is 9.42. The molecule has 0 bridgehead atoms. The van der Waals surface area contributed by atoms with Crippen LogP contribution in [0.25, 0.3) is 21.2 Å². The van der Waals surface area contributed by atoms with E-state index in [1.165, 1.54) is 17.4 Å². The molecule has 2 heterocycles. The van der Waals surface area contributed by atoms with Gasteiger partial charge < -0.3 is 23.2 Å². The lowest BCUT2D eigenvalue weighted by molar-refractivity contribution is 0.0971. The predicted molar refractivity (Wildman–Crippen MR) is 117 cm³/mol. The third-order valence-electron chi connectivity index (χ3n) is 4.75. The zero-order valence-corrected chi connectivity index (χ0v) is 18.0. The molecule has 0 saturated heterocycles. The summed E-state index contributed by atoms with van der Waals surface area (Å²) in [6.07, 6.45) is 0. The van der Waals surface area contributed by atoms with Gasteiger partial charge in [-0.1, -0.05) is 23.5 Å². The number of carbonyl (C=O) groups is 1. The molecule has 2 aromatic heterocycles. The predicted octanol–water partition coefficient (Wildman–Crippen LogP) is 3.21. The van der Waals surface area contributed by atoms with Gasteiger partial charge in [-0.3, -0.25) is 9.59 Å². The molecule has 0 N–H and O–H groups in total. The summed E-state index contributed by atoms with van der Waals surface area (Å²) >= 11 is 1.32. The second-order valence-electron chi connectivity index (χ2n) is 6.59. The number of benzene rings is 2. The molecule has 9 heteroatoms. The fourth-order valence-corrected chi connectivity index (χ4v) is 4.30. The second-order valence-corrected chi connectivity index (χ2v) is 7.60. The summed E-state index contributed by atoms with van der Waals surface area (Å²) in [5, 5.41) is 0.412. The average molecular weight is 440 g/mol. The molecule has 0 saturated carbocycles. The second kappa shape index (κ2) is 8.75. The number of nitrogens with zero attached hydrogens (tertiary/aromatic N) is 2. The smallest absolute Gasteiger partial charge is 0.315 e. The van der Waals surface area contributed by atoms with Crippen LogP contribution in [0.15, 0.2) is 56.7 Å². The van der Waals surface area contributed by atoms with Crippen molar-refractivity contribution in [2.45, 2.75) is 6.54 Å². The third kappa shape index (κ3) is 3.97. The van der Waals surface area contributed by atoms with Crippen molar-refractivity contribution >= 4 is 38.4 Å². The van der Waals surface area contributed by atoms with Crippen LogP contribution in [0.2, 0.25) is 0 Å². The molecule has 0 spiro atoms. The van der Waals surface area contributed by atoms with Crippen molar-refractivity contribution in [3.05, 3.63) is 63.2 Å². The summed E-state index contributed by atoms with van der Waals surface area (Å²) < 4.78 is 24.4. The van der Waals surface area contributed by atoms with E-state index < -0.39 is 5.91 Å². The quantitative estimate of drug-likeness (QED) is 0.457. The Kier molecular flexibility index (Phi) is 5.88. The molecule has 4 rings (SSSR count). The van der Waals surface area contributed by atoms with E-state index in [0.717, 1.165) is 10.2 Å². The van der Waals surface area contributed by atoms with Crippen LogP contribution in [0.4, 0.5) is 0 Å². The Morgan fingerprint density at radius 1 is 1.10 bits per heavy atom. The van der Waals surface area contributed by atoms with Crippen LogP contribution in [0.5, 0.6) is 11.5 Å². The molecule has 1 amide bonds. The molecule has 0 aliphatic rings. The minimum absolute atomic E-state index is 0.116. The maximum atomic E-state index is 12.9. The Hall–Kier alpha value is -3.43. The Morgan fingerprint density at radius 2 is 1.84 bits per heavy atom. The zero-order valence-electron chi connectivity index (χ0n) is 17.2. The lowest BCUT2D eigenvalue weighted by Crippen LogP contribution is -2.19. The molecule has 0 aliphatic heterocycles. The number of hydrogen-bond donors (Lipinski definition) is 0. The molecular weight excluding hydrogens is 420 g/mol. The van der Waals surface area contributed by atoms with E-state index in [0.29, 0.717) is 40.4 Å². The molecule has 160 valence electrons. The largest absolute Gasteiger partial charge is 0.493 e. The highest BCUT2D eigenvalue weighted by Crippen LogP contribution is 2.33. The fourth-order valence-electron chi connectivity index (χ4n) is 3.23. The van der Waals surface area contributed by atoms with Gasteiger partial charge in [0.1, 0.15) is 5.58 Å². The number of aromatic nitrogens is 1. The summed E-state index contributed by atoms with van der Waals surface area (Å²) in [5.41, 5.74) is 0.872. The normalized spacial score (nSPS) is 11.9. The van der Waals surface area contributed by atoms with Crippen molar-refractivity contribution in [1.82, 2.24) is 4.57 Å². The molecular formula is C22H20N2O6S. The van der Waals surface area contributed by atoms with E-state index >= 15 is 0 Å². The Labute approximate surface area is 180 Å². The maximum Gasteiger partial charge on any atom is 0.315 e. The van der Waals surface area contributed by atoms with Crippen LogP contribution < -0.4 is 19.7 Å². The number of amides is 1. The number of hydrogen-bond acceptors (Lipinski definition) is 7. The first kappa shape index (κ1) is 20.8. The number of carbonyl (C=O) groups excluding carboxylic acids is 1. The lowest BCUT2D eigenvalue weighted by Gasteiger charge is -2.09. The average Bonchev–Trinajstić information content (AvgIpc) is 3.12. The number of methoxy groups -OCH3 is 3. The van der Waals surface area contributed by atoms with Gasteiger partial charge in [0.15, 0.2) is 27.5 Å². The highest BCUT2D eigenvalue weighted by molar-refractivity contribution is 7.16. The van der Waals surface area contributed by atoms with Gasteiger partial charge in [-0.25, -0.2) is 0 Å². The number of para-hydroxylation sites is 1. The van der Waals surface area contributed by atoms with E-state index in [2.05, 4.69) is 4.99 Å². The molecule has 0 fully saturated rings. The number of ether oxygens (including phenoxy) is 3. The Morgan fingerprint density at radius 3 is 2.58 bits per heavy atom. The highest BCUT2D eigenvalue weighted by Gasteiger charge is 2.16. The van der Waals surface area contributed by atoms with Crippen molar-refractivity contribution in [1.29, 1.82) is 0 Å². The minimum Gasteiger partial charge on any atom is -0.493 e. The number of thiazole rings is 1. The van der Waals surface area contributed by atoms with E-state index in [-0.39, 0.29) is 11.2 Å². The van der Waals surface area contributed by atoms with Crippen LogP contribution in [-0.4, -0.2) is 38.4 Å². The standard InChI is InChI=1S/C22H20N2O6S/c1-27-9-8-24-14-10-17(28-2)18(29-3)12-20(14)31-22(24)23-21(26)19-11-15(25)13-6-4-5-7-16(13)30-19/h4-7,10-12H,8-9H2,1-3H3. The van der Waals surface area contributed by atoms with E-state index in [4.69, 9.17) is 18.6 Å².